The van der Waals surface area contributed by atoms with Gasteiger partial charge in [0, 0.05) is 23.1 Å². The second-order valence-corrected chi connectivity index (χ2v) is 8.91. The molecule has 8 heteroatoms. The van der Waals surface area contributed by atoms with Gasteiger partial charge in [-0.25, -0.2) is 8.78 Å². The standard InChI is InChI=1S/C22H17F2N3OS2/c1-14(21(28)18-10-9-15(23)12-19(18)24)30-22-26-25-20(13-17-8-5-11-29-17)27(22)16-6-3-2-4-7-16/h2-12,14H,13H2,1H3. The molecule has 4 rings (SSSR count). The van der Waals surface area contributed by atoms with Gasteiger partial charge in [0.25, 0.3) is 0 Å². The average Bonchev–Trinajstić information content (AvgIpc) is 3.38. The zero-order valence-corrected chi connectivity index (χ0v) is 17.6. The molecule has 0 fully saturated rings. The van der Waals surface area contributed by atoms with Crippen molar-refractivity contribution in [3.05, 3.63) is 93.9 Å². The number of thiophene rings is 1. The van der Waals surface area contributed by atoms with Gasteiger partial charge in [-0.1, -0.05) is 36.0 Å². The molecule has 152 valence electrons. The Morgan fingerprint density at radius 1 is 1.10 bits per heavy atom. The maximum Gasteiger partial charge on any atom is 0.196 e. The summed E-state index contributed by atoms with van der Waals surface area (Å²) in [6.45, 7) is 1.68. The van der Waals surface area contributed by atoms with E-state index in [1.54, 1.807) is 18.3 Å². The Morgan fingerprint density at radius 2 is 1.90 bits per heavy atom. The molecule has 0 saturated carbocycles. The number of Topliss-reactive ketones (excluding diaryl/α,β-unsaturated/α-hetero) is 1. The van der Waals surface area contributed by atoms with Crippen molar-refractivity contribution in [1.29, 1.82) is 0 Å². The minimum absolute atomic E-state index is 0.138. The number of aromatic nitrogens is 3. The van der Waals surface area contributed by atoms with E-state index < -0.39 is 22.7 Å². The van der Waals surface area contributed by atoms with Gasteiger partial charge in [0.1, 0.15) is 17.5 Å². The summed E-state index contributed by atoms with van der Waals surface area (Å²) in [5.74, 6) is -1.26. The van der Waals surface area contributed by atoms with E-state index in [0.717, 1.165) is 28.5 Å². The number of ketones is 1. The fourth-order valence-corrected chi connectivity index (χ4v) is 4.67. The van der Waals surface area contributed by atoms with Crippen LogP contribution in [0.1, 0.15) is 28.0 Å². The van der Waals surface area contributed by atoms with Crippen LogP contribution in [-0.2, 0) is 6.42 Å². The lowest BCUT2D eigenvalue weighted by Gasteiger charge is -2.13. The Hall–Kier alpha value is -2.84. The zero-order valence-electron chi connectivity index (χ0n) is 16.0. The second kappa shape index (κ2) is 8.89. The average molecular weight is 442 g/mol. The molecule has 0 radical (unpaired) electrons. The van der Waals surface area contributed by atoms with E-state index in [2.05, 4.69) is 10.2 Å². The summed E-state index contributed by atoms with van der Waals surface area (Å²) in [6.07, 6.45) is 0.606. The number of benzene rings is 2. The van der Waals surface area contributed by atoms with Crippen molar-refractivity contribution < 1.29 is 13.6 Å². The van der Waals surface area contributed by atoms with Crippen molar-refractivity contribution in [2.45, 2.75) is 23.8 Å². The number of carbonyl (C=O) groups excluding carboxylic acids is 1. The molecular formula is C22H17F2N3OS2. The van der Waals surface area contributed by atoms with Gasteiger partial charge in [-0.05, 0) is 42.6 Å². The lowest BCUT2D eigenvalue weighted by Crippen LogP contribution is -2.16. The largest absolute Gasteiger partial charge is 0.293 e. The summed E-state index contributed by atoms with van der Waals surface area (Å²) < 4.78 is 29.2. The minimum Gasteiger partial charge on any atom is -0.293 e. The molecule has 1 atom stereocenters. The van der Waals surface area contributed by atoms with Crippen molar-refractivity contribution >= 4 is 28.9 Å². The van der Waals surface area contributed by atoms with E-state index in [1.807, 2.05) is 52.4 Å². The highest BCUT2D eigenvalue weighted by Gasteiger charge is 2.24. The molecule has 4 nitrogen and oxygen atoms in total. The first kappa shape index (κ1) is 20.4. The van der Waals surface area contributed by atoms with Crippen LogP contribution in [0, 0.1) is 11.6 Å². The first-order valence-corrected chi connectivity index (χ1v) is 11.0. The zero-order chi connectivity index (χ0) is 21.1. The number of carbonyl (C=O) groups is 1. The Labute approximate surface area is 180 Å². The highest BCUT2D eigenvalue weighted by atomic mass is 32.2. The summed E-state index contributed by atoms with van der Waals surface area (Å²) in [6, 6.07) is 16.6. The fourth-order valence-electron chi connectivity index (χ4n) is 3.02. The second-order valence-electron chi connectivity index (χ2n) is 6.57. The third-order valence-corrected chi connectivity index (χ3v) is 6.39. The molecule has 0 bridgehead atoms. The van der Waals surface area contributed by atoms with E-state index >= 15 is 0 Å². The Morgan fingerprint density at radius 3 is 2.60 bits per heavy atom. The van der Waals surface area contributed by atoms with E-state index in [9.17, 15) is 13.6 Å². The molecular weight excluding hydrogens is 424 g/mol. The van der Waals surface area contributed by atoms with Crippen molar-refractivity contribution in [2.24, 2.45) is 0 Å². The number of nitrogens with zero attached hydrogens (tertiary/aromatic N) is 3. The van der Waals surface area contributed by atoms with Gasteiger partial charge in [0.15, 0.2) is 10.9 Å². The smallest absolute Gasteiger partial charge is 0.196 e. The summed E-state index contributed by atoms with van der Waals surface area (Å²) >= 11 is 2.83. The monoisotopic (exact) mass is 441 g/mol. The molecule has 2 aromatic heterocycles. The number of rotatable bonds is 7. The molecule has 0 saturated heterocycles. The predicted molar refractivity (Wildman–Crippen MR) is 114 cm³/mol. The molecule has 2 aromatic carbocycles. The maximum atomic E-state index is 14.1. The van der Waals surface area contributed by atoms with E-state index in [1.165, 1.54) is 17.8 Å². The highest BCUT2D eigenvalue weighted by molar-refractivity contribution is 8.00. The van der Waals surface area contributed by atoms with Crippen LogP contribution in [-0.4, -0.2) is 25.8 Å². The first-order valence-electron chi connectivity index (χ1n) is 9.21. The van der Waals surface area contributed by atoms with E-state index in [0.29, 0.717) is 11.6 Å². The van der Waals surface area contributed by atoms with Crippen LogP contribution in [0.3, 0.4) is 0 Å². The van der Waals surface area contributed by atoms with Crippen LogP contribution in [0.15, 0.2) is 71.2 Å². The lowest BCUT2D eigenvalue weighted by atomic mass is 10.1. The van der Waals surface area contributed by atoms with Crippen LogP contribution in [0.4, 0.5) is 8.78 Å². The molecule has 0 aliphatic carbocycles. The molecule has 0 aliphatic rings. The number of para-hydroxylation sites is 1. The first-order chi connectivity index (χ1) is 14.5. The van der Waals surface area contributed by atoms with Gasteiger partial charge < -0.3 is 0 Å². The summed E-state index contributed by atoms with van der Waals surface area (Å²) in [4.78, 5) is 13.9. The summed E-state index contributed by atoms with van der Waals surface area (Å²) in [5, 5.41) is 10.6. The molecule has 0 spiro atoms. The Balaban J connectivity index is 1.65. The number of hydrogen-bond donors (Lipinski definition) is 0. The van der Waals surface area contributed by atoms with E-state index in [4.69, 9.17) is 0 Å². The Kier molecular flexibility index (Phi) is 6.06. The van der Waals surface area contributed by atoms with E-state index in [-0.39, 0.29) is 5.56 Å². The van der Waals surface area contributed by atoms with Crippen molar-refractivity contribution in [3.8, 4) is 5.69 Å². The van der Waals surface area contributed by atoms with Crippen LogP contribution in [0.5, 0.6) is 0 Å². The Bertz CT molecular complexity index is 1160. The third kappa shape index (κ3) is 4.34. The van der Waals surface area contributed by atoms with Crippen molar-refractivity contribution in [3.63, 3.8) is 0 Å². The van der Waals surface area contributed by atoms with Gasteiger partial charge in [-0.2, -0.15) is 0 Å². The van der Waals surface area contributed by atoms with Crippen molar-refractivity contribution in [1.82, 2.24) is 14.8 Å². The highest BCUT2D eigenvalue weighted by Crippen LogP contribution is 2.29. The van der Waals surface area contributed by atoms with Gasteiger partial charge in [0.05, 0.1) is 10.8 Å². The van der Waals surface area contributed by atoms with Gasteiger partial charge >= 0.3 is 0 Å². The lowest BCUT2D eigenvalue weighted by molar-refractivity contribution is 0.0990. The van der Waals surface area contributed by atoms with Gasteiger partial charge in [-0.3, -0.25) is 9.36 Å². The quantitative estimate of drug-likeness (QED) is 0.278. The topological polar surface area (TPSA) is 47.8 Å². The summed E-state index contributed by atoms with van der Waals surface area (Å²) in [5.41, 5.74) is 0.741. The number of halogens is 2. The molecule has 2 heterocycles. The van der Waals surface area contributed by atoms with Crippen molar-refractivity contribution in [2.75, 3.05) is 0 Å². The van der Waals surface area contributed by atoms with Gasteiger partial charge in [-0.15, -0.1) is 21.5 Å². The number of hydrogen-bond acceptors (Lipinski definition) is 5. The SMILES string of the molecule is CC(Sc1nnc(Cc2cccs2)n1-c1ccccc1)C(=O)c1ccc(F)cc1F. The summed E-state index contributed by atoms with van der Waals surface area (Å²) in [7, 11) is 0. The normalized spacial score (nSPS) is 12.1. The molecule has 0 N–H and O–H groups in total. The van der Waals surface area contributed by atoms with Crippen LogP contribution in [0.25, 0.3) is 5.69 Å². The molecule has 1 unspecified atom stereocenters. The molecule has 4 aromatic rings. The van der Waals surface area contributed by atoms with Crippen LogP contribution >= 0.6 is 23.1 Å². The molecule has 30 heavy (non-hydrogen) atoms. The maximum absolute atomic E-state index is 14.1. The molecule has 0 aliphatic heterocycles. The van der Waals surface area contributed by atoms with Crippen LogP contribution in [0.2, 0.25) is 0 Å². The predicted octanol–water partition coefficient (Wildman–Crippen LogP) is 5.56. The fraction of sp³-hybridized carbons (Fsp3) is 0.136. The van der Waals surface area contributed by atoms with Crippen LogP contribution < -0.4 is 0 Å². The molecule has 0 amide bonds. The third-order valence-electron chi connectivity index (χ3n) is 4.48. The minimum atomic E-state index is -0.865. The number of thioether (sulfide) groups is 1. The van der Waals surface area contributed by atoms with Gasteiger partial charge in [0.2, 0.25) is 0 Å².